The van der Waals surface area contributed by atoms with Crippen molar-refractivity contribution >= 4 is 5.97 Å². The molecule has 2 nitrogen and oxygen atoms in total. The van der Waals surface area contributed by atoms with Gasteiger partial charge in [0, 0.05) is 6.42 Å². The molecule has 39 heavy (non-hydrogen) atoms. The van der Waals surface area contributed by atoms with Crippen LogP contribution >= 0.6 is 0 Å². The fourth-order valence-electron chi connectivity index (χ4n) is 10.3. The van der Waals surface area contributed by atoms with Crippen LogP contribution in [0.1, 0.15) is 128 Å². The second-order valence-electron chi connectivity index (χ2n) is 15.1. The first kappa shape index (κ1) is 28.9. The Bertz CT molecular complexity index is 1040. The molecule has 0 N–H and O–H groups in total. The van der Waals surface area contributed by atoms with Crippen molar-refractivity contribution < 1.29 is 9.53 Å². The van der Waals surface area contributed by atoms with E-state index in [9.17, 15) is 4.79 Å². The van der Waals surface area contributed by atoms with Crippen LogP contribution in [0.5, 0.6) is 0 Å². The van der Waals surface area contributed by atoms with Crippen LogP contribution in [-0.4, -0.2) is 12.1 Å². The van der Waals surface area contributed by atoms with Gasteiger partial charge in [0.15, 0.2) is 0 Å². The topological polar surface area (TPSA) is 26.3 Å². The summed E-state index contributed by atoms with van der Waals surface area (Å²) < 4.78 is 6.06. The first-order chi connectivity index (χ1) is 18.6. The summed E-state index contributed by atoms with van der Waals surface area (Å²) in [6.07, 6.45) is 16.9. The average molecular weight is 533 g/mol. The van der Waals surface area contributed by atoms with Gasteiger partial charge in [0.25, 0.3) is 0 Å². The van der Waals surface area contributed by atoms with Crippen LogP contribution in [0.2, 0.25) is 0 Å². The molecule has 4 aliphatic rings. The lowest BCUT2D eigenvalue weighted by molar-refractivity contribution is -0.0596. The number of hydrogen-bond acceptors (Lipinski definition) is 2. The van der Waals surface area contributed by atoms with Crippen LogP contribution in [0.15, 0.2) is 35.9 Å². The van der Waals surface area contributed by atoms with Gasteiger partial charge in [-0.15, -0.1) is 0 Å². The third kappa shape index (κ3) is 5.40. The van der Waals surface area contributed by atoms with Gasteiger partial charge in [-0.1, -0.05) is 83.7 Å². The summed E-state index contributed by atoms with van der Waals surface area (Å²) in [7, 11) is 0. The van der Waals surface area contributed by atoms with Gasteiger partial charge in [0.1, 0.15) is 6.10 Å². The number of rotatable bonds is 8. The molecule has 2 heteroatoms. The molecular weight excluding hydrogens is 476 g/mol. The summed E-state index contributed by atoms with van der Waals surface area (Å²) >= 11 is 0. The summed E-state index contributed by atoms with van der Waals surface area (Å²) in [6, 6.07) is 7.79. The van der Waals surface area contributed by atoms with Crippen molar-refractivity contribution in [1.29, 1.82) is 0 Å². The van der Waals surface area contributed by atoms with E-state index in [4.69, 9.17) is 4.74 Å². The Morgan fingerprint density at radius 2 is 1.72 bits per heavy atom. The van der Waals surface area contributed by atoms with E-state index in [-0.39, 0.29) is 12.1 Å². The Balaban J connectivity index is 1.24. The lowest BCUT2D eigenvalue weighted by Gasteiger charge is -2.58. The van der Waals surface area contributed by atoms with Gasteiger partial charge in [-0.25, -0.2) is 4.79 Å². The maximum atomic E-state index is 12.8. The van der Waals surface area contributed by atoms with E-state index in [0.29, 0.717) is 16.4 Å². The number of hydrogen-bond donors (Lipinski definition) is 0. The zero-order valence-corrected chi connectivity index (χ0v) is 26.1. The lowest BCUT2D eigenvalue weighted by Crippen LogP contribution is -2.51. The van der Waals surface area contributed by atoms with Crippen LogP contribution in [-0.2, 0) is 4.74 Å². The Morgan fingerprint density at radius 1 is 0.974 bits per heavy atom. The van der Waals surface area contributed by atoms with E-state index in [2.05, 4.69) is 54.5 Å². The number of allylic oxidation sites excluding steroid dienone is 1. The molecule has 4 aliphatic carbocycles. The molecule has 1 aromatic carbocycles. The number of ether oxygens (including phenoxy) is 1. The summed E-state index contributed by atoms with van der Waals surface area (Å²) in [6.45, 7) is 17.1. The zero-order chi connectivity index (χ0) is 27.9. The van der Waals surface area contributed by atoms with Gasteiger partial charge in [-0.3, -0.25) is 0 Å². The Kier molecular flexibility index (Phi) is 8.43. The number of carbonyl (C=O) groups excluding carboxylic acids is 1. The highest BCUT2D eigenvalue weighted by Crippen LogP contribution is 2.67. The SMILES string of the molecule is CC[C@H](CC[C@@H](C)[C@H]1CC[C@H]2[C@@H]3CC=C4C[C@@H](OC(=O)c5ccc(C)cc5)CC[C@]4(C)[C@H]3CC[C@]12C)C(C)C. The van der Waals surface area contributed by atoms with Crippen LogP contribution in [0.25, 0.3) is 0 Å². The molecule has 0 radical (unpaired) electrons. The number of carbonyl (C=O) groups is 1. The molecule has 216 valence electrons. The van der Waals surface area contributed by atoms with Crippen molar-refractivity contribution in [2.24, 2.45) is 52.3 Å². The van der Waals surface area contributed by atoms with E-state index in [1.54, 1.807) is 5.57 Å². The summed E-state index contributed by atoms with van der Waals surface area (Å²) in [5.74, 6) is 5.86. The Hall–Kier alpha value is -1.57. The largest absolute Gasteiger partial charge is 0.458 e. The minimum absolute atomic E-state index is 0.0260. The molecule has 5 rings (SSSR count). The first-order valence-corrected chi connectivity index (χ1v) is 16.5. The van der Waals surface area contributed by atoms with Gasteiger partial charge in [-0.2, -0.15) is 0 Å². The molecule has 0 saturated heterocycles. The number of benzene rings is 1. The predicted molar refractivity (Wildman–Crippen MR) is 163 cm³/mol. The molecule has 3 saturated carbocycles. The smallest absolute Gasteiger partial charge is 0.338 e. The summed E-state index contributed by atoms with van der Waals surface area (Å²) in [4.78, 5) is 12.8. The van der Waals surface area contributed by atoms with Crippen LogP contribution in [0.3, 0.4) is 0 Å². The molecule has 0 aromatic heterocycles. The minimum Gasteiger partial charge on any atom is -0.458 e. The van der Waals surface area contributed by atoms with Gasteiger partial charge < -0.3 is 4.74 Å². The number of esters is 1. The fourth-order valence-corrected chi connectivity index (χ4v) is 10.3. The van der Waals surface area contributed by atoms with E-state index >= 15 is 0 Å². The highest BCUT2D eigenvalue weighted by Gasteiger charge is 2.59. The predicted octanol–water partition coefficient (Wildman–Crippen LogP) is 10.2. The first-order valence-electron chi connectivity index (χ1n) is 16.5. The van der Waals surface area contributed by atoms with Crippen LogP contribution in [0.4, 0.5) is 0 Å². The molecule has 0 unspecified atom stereocenters. The van der Waals surface area contributed by atoms with E-state index in [1.807, 2.05) is 24.3 Å². The minimum atomic E-state index is -0.156. The lowest BCUT2D eigenvalue weighted by atomic mass is 9.47. The Labute approximate surface area is 239 Å². The third-order valence-electron chi connectivity index (χ3n) is 12.8. The van der Waals surface area contributed by atoms with E-state index < -0.39 is 0 Å². The molecule has 0 bridgehead atoms. The average Bonchev–Trinajstić information content (AvgIpc) is 3.26. The monoisotopic (exact) mass is 532 g/mol. The molecule has 3 fully saturated rings. The maximum absolute atomic E-state index is 12.8. The van der Waals surface area contributed by atoms with Crippen molar-refractivity contribution in [3.05, 3.63) is 47.0 Å². The van der Waals surface area contributed by atoms with Crippen molar-refractivity contribution in [1.82, 2.24) is 0 Å². The van der Waals surface area contributed by atoms with Crippen LogP contribution in [0, 0.1) is 59.2 Å². The van der Waals surface area contributed by atoms with Crippen molar-refractivity contribution in [3.63, 3.8) is 0 Å². The number of aryl methyl sites for hydroxylation is 1. The maximum Gasteiger partial charge on any atom is 0.338 e. The molecule has 0 heterocycles. The summed E-state index contributed by atoms with van der Waals surface area (Å²) in [5, 5.41) is 0. The van der Waals surface area contributed by atoms with Gasteiger partial charge in [0.2, 0.25) is 0 Å². The zero-order valence-electron chi connectivity index (χ0n) is 26.1. The molecule has 0 amide bonds. The third-order valence-corrected chi connectivity index (χ3v) is 12.8. The normalized spacial score (nSPS) is 37.3. The second kappa shape index (κ2) is 11.4. The highest BCUT2D eigenvalue weighted by molar-refractivity contribution is 5.89. The highest BCUT2D eigenvalue weighted by atomic mass is 16.5. The van der Waals surface area contributed by atoms with Gasteiger partial charge >= 0.3 is 5.97 Å². The van der Waals surface area contributed by atoms with E-state index in [0.717, 1.165) is 54.3 Å². The molecule has 0 aliphatic heterocycles. The number of fused-ring (bicyclic) bond motifs is 5. The molecular formula is C37H56O2. The van der Waals surface area contributed by atoms with Crippen molar-refractivity contribution in [2.45, 2.75) is 125 Å². The second-order valence-corrected chi connectivity index (χ2v) is 15.1. The summed E-state index contributed by atoms with van der Waals surface area (Å²) in [5.41, 5.74) is 4.28. The molecule has 1 aromatic rings. The Morgan fingerprint density at radius 3 is 2.41 bits per heavy atom. The van der Waals surface area contributed by atoms with Crippen LogP contribution < -0.4 is 0 Å². The van der Waals surface area contributed by atoms with Crippen molar-refractivity contribution in [2.75, 3.05) is 0 Å². The standard InChI is InChI=1S/C37H56O2/c1-8-27(24(2)3)14-11-26(5)32-17-18-33-31-16-15-29-23-30(39-35(38)28-12-9-25(4)10-13-28)19-21-36(29,6)34(31)20-22-37(32,33)7/h9-10,12-13,15,24,26-27,30-34H,8,11,14,16-23H2,1-7H3/t26-,27-,30+,31+,32-,33+,34+,36+,37-/m1/s1. The fraction of sp³-hybridized carbons (Fsp3) is 0.757. The van der Waals surface area contributed by atoms with Crippen molar-refractivity contribution in [3.8, 4) is 0 Å². The quantitative estimate of drug-likeness (QED) is 0.246. The van der Waals surface area contributed by atoms with E-state index in [1.165, 1.54) is 63.4 Å². The molecule has 9 atom stereocenters. The molecule has 0 spiro atoms. The van der Waals surface area contributed by atoms with Gasteiger partial charge in [-0.05, 0) is 123 Å². The van der Waals surface area contributed by atoms with Gasteiger partial charge in [0.05, 0.1) is 5.56 Å².